The van der Waals surface area contributed by atoms with Crippen LogP contribution in [0.15, 0.2) is 61.1 Å². The Labute approximate surface area is 187 Å². The number of hydrogen-bond donors (Lipinski definition) is 0. The van der Waals surface area contributed by atoms with E-state index in [2.05, 4.69) is 52.0 Å². The maximum absolute atomic E-state index is 12.6. The Kier molecular flexibility index (Phi) is 5.08. The highest BCUT2D eigenvalue weighted by Crippen LogP contribution is 2.32. The molecule has 2 aromatic heterocycles. The van der Waals surface area contributed by atoms with E-state index >= 15 is 0 Å². The zero-order valence-electron chi connectivity index (χ0n) is 18.8. The predicted molar refractivity (Wildman–Crippen MR) is 127 cm³/mol. The Morgan fingerprint density at radius 3 is 2.69 bits per heavy atom. The van der Waals surface area contributed by atoms with Crippen LogP contribution in [0.1, 0.15) is 39.7 Å². The molecule has 0 N–H and O–H groups in total. The average Bonchev–Trinajstić information content (AvgIpc) is 3.22. The summed E-state index contributed by atoms with van der Waals surface area (Å²) in [5.74, 6) is 0. The Morgan fingerprint density at radius 1 is 1.06 bits per heavy atom. The molecule has 0 aliphatic carbocycles. The highest BCUT2D eigenvalue weighted by molar-refractivity contribution is 5.94. The van der Waals surface area contributed by atoms with E-state index in [4.69, 9.17) is 9.72 Å². The standard InChI is InChI=1S/C26H28N4O2/c1-26(2,3)32-25(31)29-14-6-9-21(16-29)30-17-28-23-22(12-13-27-24(23)30)20-11-10-18-7-4-5-8-19(18)15-20/h4-5,7-8,10-13,15,17,21H,6,9,14,16H2,1-3H3/t21-/m1/s1. The number of ether oxygens (including phenoxy) is 1. The van der Waals surface area contributed by atoms with E-state index in [1.807, 2.05) is 39.4 Å². The first-order valence-electron chi connectivity index (χ1n) is 11.2. The molecule has 0 spiro atoms. The molecule has 1 aliphatic heterocycles. The molecule has 1 amide bonds. The van der Waals surface area contributed by atoms with E-state index in [-0.39, 0.29) is 12.1 Å². The molecule has 0 radical (unpaired) electrons. The Balaban J connectivity index is 1.47. The van der Waals surface area contributed by atoms with Crippen molar-refractivity contribution < 1.29 is 9.53 Å². The number of aromatic nitrogens is 3. The number of fused-ring (bicyclic) bond motifs is 2. The fraction of sp³-hybridized carbons (Fsp3) is 0.346. The number of nitrogens with zero attached hydrogens (tertiary/aromatic N) is 4. The first-order valence-corrected chi connectivity index (χ1v) is 11.2. The van der Waals surface area contributed by atoms with Gasteiger partial charge in [-0.05, 0) is 62.1 Å². The molecule has 1 fully saturated rings. The highest BCUT2D eigenvalue weighted by atomic mass is 16.6. The number of pyridine rings is 1. The van der Waals surface area contributed by atoms with Crippen LogP contribution >= 0.6 is 0 Å². The fourth-order valence-corrected chi connectivity index (χ4v) is 4.46. The molecule has 2 aromatic carbocycles. The molecular formula is C26H28N4O2. The van der Waals surface area contributed by atoms with Gasteiger partial charge in [-0.3, -0.25) is 0 Å². The molecule has 0 saturated carbocycles. The number of amides is 1. The lowest BCUT2D eigenvalue weighted by atomic mass is 10.0. The van der Waals surface area contributed by atoms with Crippen LogP contribution in [0.2, 0.25) is 0 Å². The van der Waals surface area contributed by atoms with Gasteiger partial charge in [0.25, 0.3) is 0 Å². The van der Waals surface area contributed by atoms with E-state index < -0.39 is 5.60 Å². The molecule has 4 aromatic rings. The van der Waals surface area contributed by atoms with Crippen LogP contribution in [0, 0.1) is 0 Å². The monoisotopic (exact) mass is 428 g/mol. The van der Waals surface area contributed by atoms with E-state index in [1.54, 1.807) is 4.90 Å². The normalized spacial score (nSPS) is 17.1. The van der Waals surface area contributed by atoms with Crippen molar-refractivity contribution in [2.75, 3.05) is 13.1 Å². The number of rotatable bonds is 2. The minimum atomic E-state index is -0.498. The van der Waals surface area contributed by atoms with Crippen LogP contribution in [0.25, 0.3) is 33.1 Å². The quantitative estimate of drug-likeness (QED) is 0.403. The Hall–Kier alpha value is -3.41. The summed E-state index contributed by atoms with van der Waals surface area (Å²) in [6.07, 6.45) is 5.36. The first-order chi connectivity index (χ1) is 15.4. The van der Waals surface area contributed by atoms with Gasteiger partial charge in [-0.2, -0.15) is 0 Å². The van der Waals surface area contributed by atoms with Crippen molar-refractivity contribution in [1.82, 2.24) is 19.4 Å². The molecule has 0 bridgehead atoms. The molecule has 1 aliphatic rings. The second kappa shape index (κ2) is 7.93. The van der Waals surface area contributed by atoms with Crippen molar-refractivity contribution in [3.8, 4) is 11.1 Å². The Morgan fingerprint density at radius 2 is 1.88 bits per heavy atom. The molecule has 1 atom stereocenters. The summed E-state index contributed by atoms with van der Waals surface area (Å²) in [7, 11) is 0. The van der Waals surface area contributed by atoms with Crippen molar-refractivity contribution in [2.45, 2.75) is 45.3 Å². The minimum absolute atomic E-state index is 0.126. The summed E-state index contributed by atoms with van der Waals surface area (Å²) < 4.78 is 7.71. The molecular weight excluding hydrogens is 400 g/mol. The highest BCUT2D eigenvalue weighted by Gasteiger charge is 2.29. The predicted octanol–water partition coefficient (Wildman–Crippen LogP) is 5.82. The second-order valence-electron chi connectivity index (χ2n) is 9.47. The second-order valence-corrected chi connectivity index (χ2v) is 9.47. The molecule has 5 rings (SSSR count). The lowest BCUT2D eigenvalue weighted by Crippen LogP contribution is -2.43. The summed E-state index contributed by atoms with van der Waals surface area (Å²) in [5, 5.41) is 2.42. The van der Waals surface area contributed by atoms with E-state index in [0.717, 1.165) is 35.1 Å². The van der Waals surface area contributed by atoms with Crippen molar-refractivity contribution in [2.24, 2.45) is 0 Å². The summed E-state index contributed by atoms with van der Waals surface area (Å²) in [6.45, 7) is 7.01. The van der Waals surface area contributed by atoms with Gasteiger partial charge in [-0.15, -0.1) is 0 Å². The van der Waals surface area contributed by atoms with Crippen molar-refractivity contribution in [1.29, 1.82) is 0 Å². The van der Waals surface area contributed by atoms with Crippen LogP contribution in [0.5, 0.6) is 0 Å². The number of carbonyl (C=O) groups excluding carboxylic acids is 1. The van der Waals surface area contributed by atoms with Gasteiger partial charge < -0.3 is 14.2 Å². The van der Waals surface area contributed by atoms with Gasteiger partial charge in [0, 0.05) is 24.8 Å². The maximum Gasteiger partial charge on any atom is 0.410 e. The zero-order chi connectivity index (χ0) is 22.3. The van der Waals surface area contributed by atoms with Crippen LogP contribution < -0.4 is 0 Å². The van der Waals surface area contributed by atoms with Gasteiger partial charge in [0.2, 0.25) is 0 Å². The number of hydrogen-bond acceptors (Lipinski definition) is 4. The molecule has 0 unspecified atom stereocenters. The average molecular weight is 429 g/mol. The topological polar surface area (TPSA) is 60.2 Å². The zero-order valence-corrected chi connectivity index (χ0v) is 18.8. The third-order valence-electron chi connectivity index (χ3n) is 5.96. The van der Waals surface area contributed by atoms with Gasteiger partial charge in [0.15, 0.2) is 5.65 Å². The minimum Gasteiger partial charge on any atom is -0.444 e. The number of imidazole rings is 1. The van der Waals surface area contributed by atoms with E-state index in [1.165, 1.54) is 10.8 Å². The number of benzene rings is 2. The Bertz CT molecular complexity index is 1290. The summed E-state index contributed by atoms with van der Waals surface area (Å²) >= 11 is 0. The first kappa shape index (κ1) is 20.5. The maximum atomic E-state index is 12.6. The SMILES string of the molecule is CC(C)(C)OC(=O)N1CCC[C@@H](n2cnc3c(-c4ccc5ccccc5c4)ccnc32)C1. The molecule has 1 saturated heterocycles. The van der Waals surface area contributed by atoms with E-state index in [0.29, 0.717) is 13.1 Å². The van der Waals surface area contributed by atoms with E-state index in [9.17, 15) is 4.79 Å². The van der Waals surface area contributed by atoms with Gasteiger partial charge in [-0.1, -0.05) is 36.4 Å². The summed E-state index contributed by atoms with van der Waals surface area (Å²) in [4.78, 5) is 23.8. The van der Waals surface area contributed by atoms with Crippen LogP contribution in [-0.4, -0.2) is 44.2 Å². The van der Waals surface area contributed by atoms with Crippen molar-refractivity contribution >= 4 is 28.0 Å². The summed E-state index contributed by atoms with van der Waals surface area (Å²) in [6, 6.07) is 17.0. The van der Waals surface area contributed by atoms with Crippen molar-refractivity contribution in [3.05, 3.63) is 61.1 Å². The van der Waals surface area contributed by atoms with Gasteiger partial charge in [0.1, 0.15) is 11.1 Å². The van der Waals surface area contributed by atoms with Crippen LogP contribution in [0.3, 0.4) is 0 Å². The largest absolute Gasteiger partial charge is 0.444 e. The smallest absolute Gasteiger partial charge is 0.410 e. The summed E-state index contributed by atoms with van der Waals surface area (Å²) in [5.41, 5.74) is 3.44. The van der Waals surface area contributed by atoms with Gasteiger partial charge >= 0.3 is 6.09 Å². The fourth-order valence-electron chi connectivity index (χ4n) is 4.46. The number of carbonyl (C=O) groups is 1. The third kappa shape index (κ3) is 3.93. The number of likely N-dealkylation sites (tertiary alicyclic amines) is 1. The molecule has 32 heavy (non-hydrogen) atoms. The lowest BCUT2D eigenvalue weighted by molar-refractivity contribution is 0.0174. The van der Waals surface area contributed by atoms with Gasteiger partial charge in [-0.25, -0.2) is 14.8 Å². The molecule has 6 nitrogen and oxygen atoms in total. The van der Waals surface area contributed by atoms with Gasteiger partial charge in [0.05, 0.1) is 12.4 Å². The third-order valence-corrected chi connectivity index (χ3v) is 5.96. The van der Waals surface area contributed by atoms with Crippen LogP contribution in [-0.2, 0) is 4.74 Å². The van der Waals surface area contributed by atoms with Crippen LogP contribution in [0.4, 0.5) is 4.79 Å². The number of piperidine rings is 1. The molecule has 6 heteroatoms. The molecule has 164 valence electrons. The molecule has 3 heterocycles. The van der Waals surface area contributed by atoms with Crippen molar-refractivity contribution in [3.63, 3.8) is 0 Å². The lowest BCUT2D eigenvalue weighted by Gasteiger charge is -2.34.